The van der Waals surface area contributed by atoms with Crippen molar-refractivity contribution in [2.24, 2.45) is 0 Å². The van der Waals surface area contributed by atoms with Crippen molar-refractivity contribution in [2.75, 3.05) is 18.0 Å². The highest BCUT2D eigenvalue weighted by Gasteiger charge is 2.38. The molecule has 0 bridgehead atoms. The number of ether oxygens (including phenoxy) is 1. The van der Waals surface area contributed by atoms with E-state index in [1.807, 2.05) is 12.1 Å². The molecule has 0 N–H and O–H groups in total. The Kier molecular flexibility index (Phi) is 3.04. The molecular weight excluding hydrogens is 226 g/mol. The zero-order valence-corrected chi connectivity index (χ0v) is 11.4. The number of hydrogen-bond donors (Lipinski definition) is 0. The Morgan fingerprint density at radius 2 is 1.89 bits per heavy atom. The van der Waals surface area contributed by atoms with Crippen LogP contribution in [-0.4, -0.2) is 29.3 Å². The van der Waals surface area contributed by atoms with E-state index in [1.54, 1.807) is 6.20 Å². The smallest absolute Gasteiger partial charge is 0.163 e. The van der Waals surface area contributed by atoms with Gasteiger partial charge in [0.2, 0.25) is 0 Å². The number of aromatic nitrogens is 1. The van der Waals surface area contributed by atoms with Crippen LogP contribution in [0.3, 0.4) is 0 Å². The van der Waals surface area contributed by atoms with Gasteiger partial charge in [0.15, 0.2) is 5.69 Å². The Hall–Kier alpha value is -1.60. The van der Waals surface area contributed by atoms with Crippen LogP contribution in [-0.2, 0) is 4.74 Å². The van der Waals surface area contributed by atoms with E-state index in [9.17, 15) is 0 Å². The molecule has 0 radical (unpaired) electrons. The van der Waals surface area contributed by atoms with E-state index in [2.05, 4.69) is 43.6 Å². The molecule has 0 aromatic carbocycles. The van der Waals surface area contributed by atoms with Gasteiger partial charge in [0.25, 0.3) is 0 Å². The predicted molar refractivity (Wildman–Crippen MR) is 70.4 cm³/mol. The van der Waals surface area contributed by atoms with Gasteiger partial charge in [0.05, 0.1) is 16.9 Å². The monoisotopic (exact) mass is 245 g/mol. The molecule has 1 aromatic rings. The third-order valence-electron chi connectivity index (χ3n) is 2.93. The first-order valence-corrected chi connectivity index (χ1v) is 6.13. The Morgan fingerprint density at radius 1 is 1.28 bits per heavy atom. The van der Waals surface area contributed by atoms with E-state index in [0.29, 0.717) is 5.69 Å². The summed E-state index contributed by atoms with van der Waals surface area (Å²) in [6.07, 6.45) is 1.65. The molecule has 0 saturated carbocycles. The van der Waals surface area contributed by atoms with E-state index < -0.39 is 0 Å². The minimum absolute atomic E-state index is 0.232. The van der Waals surface area contributed by atoms with Crippen molar-refractivity contribution in [1.29, 1.82) is 5.26 Å². The molecule has 1 saturated heterocycles. The lowest BCUT2D eigenvalue weighted by Gasteiger charge is -2.48. The third kappa shape index (κ3) is 2.62. The Morgan fingerprint density at radius 3 is 2.44 bits per heavy atom. The third-order valence-corrected chi connectivity index (χ3v) is 2.93. The molecule has 4 nitrogen and oxygen atoms in total. The summed E-state index contributed by atoms with van der Waals surface area (Å²) >= 11 is 0. The molecule has 1 aromatic heterocycles. The van der Waals surface area contributed by atoms with Crippen molar-refractivity contribution in [3.05, 3.63) is 24.0 Å². The quantitative estimate of drug-likeness (QED) is 0.762. The van der Waals surface area contributed by atoms with Crippen molar-refractivity contribution in [1.82, 2.24) is 4.98 Å². The van der Waals surface area contributed by atoms with Crippen LogP contribution in [0, 0.1) is 11.3 Å². The molecule has 2 heterocycles. The zero-order valence-electron chi connectivity index (χ0n) is 11.4. The second-order valence-electron chi connectivity index (χ2n) is 5.96. The summed E-state index contributed by atoms with van der Waals surface area (Å²) < 4.78 is 6.04. The minimum atomic E-state index is -0.232. The number of anilines is 1. The summed E-state index contributed by atoms with van der Waals surface area (Å²) in [5.74, 6) is 0. The lowest BCUT2D eigenvalue weighted by Crippen LogP contribution is -2.57. The standard InChI is InChI=1S/C14H19N3O/c1-13(2)9-17(10-14(3,4)18-13)12-6-5-7-16-11(12)8-15/h5-7H,9-10H2,1-4H3. The van der Waals surface area contributed by atoms with Crippen LogP contribution in [0.1, 0.15) is 33.4 Å². The summed E-state index contributed by atoms with van der Waals surface area (Å²) in [7, 11) is 0. The highest BCUT2D eigenvalue weighted by molar-refractivity contribution is 5.56. The van der Waals surface area contributed by atoms with Gasteiger partial charge in [-0.05, 0) is 39.8 Å². The fourth-order valence-corrected chi connectivity index (χ4v) is 2.70. The first-order valence-electron chi connectivity index (χ1n) is 6.13. The van der Waals surface area contributed by atoms with Crippen LogP contribution in [0.2, 0.25) is 0 Å². The second-order valence-corrected chi connectivity index (χ2v) is 5.96. The number of pyridine rings is 1. The van der Waals surface area contributed by atoms with E-state index in [4.69, 9.17) is 10.00 Å². The van der Waals surface area contributed by atoms with Gasteiger partial charge in [-0.15, -0.1) is 0 Å². The number of nitriles is 1. The van der Waals surface area contributed by atoms with Crippen LogP contribution in [0.5, 0.6) is 0 Å². The topological polar surface area (TPSA) is 49.2 Å². The normalized spacial score (nSPS) is 21.4. The molecule has 1 aliphatic heterocycles. The number of morpholine rings is 1. The minimum Gasteiger partial charge on any atom is -0.366 e. The number of nitrogens with zero attached hydrogens (tertiary/aromatic N) is 3. The molecule has 0 spiro atoms. The van der Waals surface area contributed by atoms with Crippen LogP contribution < -0.4 is 4.90 Å². The Labute approximate surface area is 108 Å². The summed E-state index contributed by atoms with van der Waals surface area (Å²) in [6, 6.07) is 5.97. The summed E-state index contributed by atoms with van der Waals surface area (Å²) in [5, 5.41) is 9.14. The molecular formula is C14H19N3O. The summed E-state index contributed by atoms with van der Waals surface area (Å²) in [4.78, 5) is 6.31. The fourth-order valence-electron chi connectivity index (χ4n) is 2.70. The van der Waals surface area contributed by atoms with Crippen molar-refractivity contribution in [2.45, 2.75) is 38.9 Å². The van der Waals surface area contributed by atoms with Gasteiger partial charge < -0.3 is 9.64 Å². The lowest BCUT2D eigenvalue weighted by molar-refractivity contribution is -0.133. The van der Waals surface area contributed by atoms with Gasteiger partial charge in [-0.25, -0.2) is 4.98 Å². The summed E-state index contributed by atoms with van der Waals surface area (Å²) in [6.45, 7) is 9.81. The van der Waals surface area contributed by atoms with Crippen LogP contribution >= 0.6 is 0 Å². The molecule has 0 unspecified atom stereocenters. The highest BCUT2D eigenvalue weighted by atomic mass is 16.5. The largest absolute Gasteiger partial charge is 0.366 e. The first kappa shape index (κ1) is 12.8. The van der Waals surface area contributed by atoms with Gasteiger partial charge in [0.1, 0.15) is 6.07 Å². The zero-order chi connectivity index (χ0) is 13.4. The van der Waals surface area contributed by atoms with Crippen molar-refractivity contribution in [3.8, 4) is 6.07 Å². The number of hydrogen-bond acceptors (Lipinski definition) is 4. The Balaban J connectivity index is 2.36. The average Bonchev–Trinajstić information content (AvgIpc) is 2.24. The molecule has 0 aliphatic carbocycles. The van der Waals surface area contributed by atoms with Crippen molar-refractivity contribution in [3.63, 3.8) is 0 Å². The summed E-state index contributed by atoms with van der Waals surface area (Å²) in [5.41, 5.74) is 0.907. The van der Waals surface area contributed by atoms with Crippen molar-refractivity contribution >= 4 is 5.69 Å². The second kappa shape index (κ2) is 4.25. The van der Waals surface area contributed by atoms with Gasteiger partial charge >= 0.3 is 0 Å². The Bertz CT molecular complexity index is 472. The lowest BCUT2D eigenvalue weighted by atomic mass is 9.98. The van der Waals surface area contributed by atoms with Crippen LogP contribution in [0.15, 0.2) is 18.3 Å². The van der Waals surface area contributed by atoms with Gasteiger partial charge in [-0.2, -0.15) is 5.26 Å². The van der Waals surface area contributed by atoms with E-state index in [1.165, 1.54) is 0 Å². The predicted octanol–water partition coefficient (Wildman–Crippen LogP) is 2.35. The maximum absolute atomic E-state index is 9.14. The molecule has 18 heavy (non-hydrogen) atoms. The van der Waals surface area contributed by atoms with Gasteiger partial charge in [-0.3, -0.25) is 0 Å². The molecule has 0 amide bonds. The molecule has 4 heteroatoms. The van der Waals surface area contributed by atoms with Crippen LogP contribution in [0.25, 0.3) is 0 Å². The average molecular weight is 245 g/mol. The van der Waals surface area contributed by atoms with Crippen LogP contribution in [0.4, 0.5) is 5.69 Å². The first-order chi connectivity index (χ1) is 8.33. The van der Waals surface area contributed by atoms with E-state index in [-0.39, 0.29) is 11.2 Å². The van der Waals surface area contributed by atoms with Crippen molar-refractivity contribution < 1.29 is 4.74 Å². The molecule has 96 valence electrons. The molecule has 1 fully saturated rings. The molecule has 2 rings (SSSR count). The van der Waals surface area contributed by atoms with Gasteiger partial charge in [0, 0.05) is 19.3 Å². The highest BCUT2D eigenvalue weighted by Crippen LogP contribution is 2.32. The number of rotatable bonds is 1. The van der Waals surface area contributed by atoms with E-state index in [0.717, 1.165) is 18.8 Å². The molecule has 1 aliphatic rings. The van der Waals surface area contributed by atoms with E-state index >= 15 is 0 Å². The molecule has 0 atom stereocenters. The SMILES string of the molecule is CC1(C)CN(c2cccnc2C#N)CC(C)(C)O1. The maximum atomic E-state index is 9.14. The van der Waals surface area contributed by atoms with Gasteiger partial charge in [-0.1, -0.05) is 0 Å². The fraction of sp³-hybridized carbons (Fsp3) is 0.571. The maximum Gasteiger partial charge on any atom is 0.163 e.